The highest BCUT2D eigenvalue weighted by Crippen LogP contribution is 2.29. The molecular formula is C20H20N4O4. The van der Waals surface area contributed by atoms with Crippen LogP contribution in [0.5, 0.6) is 5.75 Å². The van der Waals surface area contributed by atoms with E-state index in [1.807, 2.05) is 30.3 Å². The maximum Gasteiger partial charge on any atom is 0.274 e. The molecule has 0 aliphatic heterocycles. The minimum atomic E-state index is -0.999. The number of carbonyl (C=O) groups is 2. The predicted molar refractivity (Wildman–Crippen MR) is 100 cm³/mol. The summed E-state index contributed by atoms with van der Waals surface area (Å²) >= 11 is 0. The average molecular weight is 380 g/mol. The van der Waals surface area contributed by atoms with Crippen molar-refractivity contribution in [1.29, 1.82) is 0 Å². The lowest BCUT2D eigenvalue weighted by Gasteiger charge is -2.25. The third-order valence-electron chi connectivity index (χ3n) is 5.01. The summed E-state index contributed by atoms with van der Waals surface area (Å²) in [6.07, 6.45) is 5.71. The first-order valence-electron chi connectivity index (χ1n) is 9.11. The number of amides is 2. The zero-order valence-electron chi connectivity index (χ0n) is 15.2. The average Bonchev–Trinajstić information content (AvgIpc) is 3.36. The van der Waals surface area contributed by atoms with Gasteiger partial charge in [-0.25, -0.2) is 4.98 Å². The van der Waals surface area contributed by atoms with Gasteiger partial charge in [0, 0.05) is 11.6 Å². The first kappa shape index (κ1) is 18.0. The molecule has 1 saturated carbocycles. The number of hydrogen-bond donors (Lipinski definition) is 2. The van der Waals surface area contributed by atoms with E-state index in [2.05, 4.69) is 15.3 Å². The topological polar surface area (TPSA) is 120 Å². The van der Waals surface area contributed by atoms with Gasteiger partial charge in [0.15, 0.2) is 12.3 Å². The summed E-state index contributed by atoms with van der Waals surface area (Å²) < 4.78 is 11.1. The highest BCUT2D eigenvalue weighted by molar-refractivity contribution is 5.97. The monoisotopic (exact) mass is 380 g/mol. The Labute approximate surface area is 161 Å². The normalized spacial score (nSPS) is 15.4. The molecule has 2 aromatic heterocycles. The lowest BCUT2D eigenvalue weighted by atomic mass is 9.96. The van der Waals surface area contributed by atoms with Gasteiger partial charge in [0.2, 0.25) is 11.8 Å². The highest BCUT2D eigenvalue weighted by Gasteiger charge is 2.41. The van der Waals surface area contributed by atoms with Gasteiger partial charge in [-0.15, -0.1) is 0 Å². The molecular weight excluding hydrogens is 360 g/mol. The number of para-hydroxylation sites is 1. The van der Waals surface area contributed by atoms with Crippen molar-refractivity contribution in [1.82, 2.24) is 15.3 Å². The Morgan fingerprint density at radius 1 is 1.21 bits per heavy atom. The molecule has 2 amide bonds. The number of ether oxygens (including phenoxy) is 1. The summed E-state index contributed by atoms with van der Waals surface area (Å²) in [4.78, 5) is 32.8. The SMILES string of the molecule is NC(=O)C1(NC(=O)c2coc(COc3cccc4cccnc34)n2)CCCC1. The predicted octanol–water partition coefficient (Wildman–Crippen LogP) is 2.33. The second kappa shape index (κ2) is 7.30. The Balaban J connectivity index is 1.44. The summed E-state index contributed by atoms with van der Waals surface area (Å²) in [6.45, 7) is 0.0456. The molecule has 2 heterocycles. The Morgan fingerprint density at radius 2 is 2.00 bits per heavy atom. The van der Waals surface area contributed by atoms with Crippen molar-refractivity contribution >= 4 is 22.7 Å². The zero-order valence-corrected chi connectivity index (χ0v) is 15.2. The van der Waals surface area contributed by atoms with Crippen LogP contribution in [0.1, 0.15) is 42.1 Å². The van der Waals surface area contributed by atoms with Gasteiger partial charge in [-0.05, 0) is 25.0 Å². The number of carbonyl (C=O) groups excluding carboxylic acids is 2. The molecule has 3 aromatic rings. The van der Waals surface area contributed by atoms with Gasteiger partial charge in [0.25, 0.3) is 5.91 Å². The van der Waals surface area contributed by atoms with Gasteiger partial charge in [-0.1, -0.05) is 31.0 Å². The number of pyridine rings is 1. The van der Waals surface area contributed by atoms with Gasteiger partial charge >= 0.3 is 0 Å². The highest BCUT2D eigenvalue weighted by atomic mass is 16.5. The van der Waals surface area contributed by atoms with Gasteiger partial charge in [-0.3, -0.25) is 14.6 Å². The van der Waals surface area contributed by atoms with Crippen molar-refractivity contribution in [3.8, 4) is 5.75 Å². The Kier molecular flexibility index (Phi) is 4.68. The molecule has 0 bridgehead atoms. The number of nitrogens with two attached hydrogens (primary N) is 1. The van der Waals surface area contributed by atoms with E-state index in [0.717, 1.165) is 23.7 Å². The fourth-order valence-corrected chi connectivity index (χ4v) is 3.51. The maximum atomic E-state index is 12.5. The number of aromatic nitrogens is 2. The van der Waals surface area contributed by atoms with Crippen LogP contribution in [-0.4, -0.2) is 27.3 Å². The van der Waals surface area contributed by atoms with Crippen LogP contribution < -0.4 is 15.8 Å². The fraction of sp³-hybridized carbons (Fsp3) is 0.300. The van der Waals surface area contributed by atoms with E-state index in [0.29, 0.717) is 18.6 Å². The maximum absolute atomic E-state index is 12.5. The molecule has 0 unspecified atom stereocenters. The van der Waals surface area contributed by atoms with E-state index in [1.165, 1.54) is 6.26 Å². The molecule has 0 spiro atoms. The van der Waals surface area contributed by atoms with Gasteiger partial charge in [-0.2, -0.15) is 0 Å². The lowest BCUT2D eigenvalue weighted by Crippen LogP contribution is -2.55. The summed E-state index contributed by atoms with van der Waals surface area (Å²) in [5, 5.41) is 3.69. The van der Waals surface area contributed by atoms with Crippen LogP contribution in [0.25, 0.3) is 10.9 Å². The van der Waals surface area contributed by atoms with Crippen molar-refractivity contribution in [3.05, 3.63) is 54.4 Å². The molecule has 1 aromatic carbocycles. The fourth-order valence-electron chi connectivity index (χ4n) is 3.51. The summed E-state index contributed by atoms with van der Waals surface area (Å²) in [7, 11) is 0. The van der Waals surface area contributed by atoms with Gasteiger partial charge in [0.1, 0.15) is 23.1 Å². The number of primary amides is 1. The molecule has 3 N–H and O–H groups in total. The summed E-state index contributed by atoms with van der Waals surface area (Å²) in [6, 6.07) is 9.43. The van der Waals surface area contributed by atoms with E-state index in [-0.39, 0.29) is 18.2 Å². The van der Waals surface area contributed by atoms with Crippen LogP contribution in [0.2, 0.25) is 0 Å². The number of oxazole rings is 1. The molecule has 0 atom stereocenters. The molecule has 1 fully saturated rings. The molecule has 8 heteroatoms. The molecule has 1 aliphatic rings. The lowest BCUT2D eigenvalue weighted by molar-refractivity contribution is -0.123. The van der Waals surface area contributed by atoms with E-state index >= 15 is 0 Å². The molecule has 144 valence electrons. The van der Waals surface area contributed by atoms with Gasteiger partial charge < -0.3 is 20.2 Å². The van der Waals surface area contributed by atoms with Crippen LogP contribution in [0, 0.1) is 0 Å². The van der Waals surface area contributed by atoms with Crippen LogP contribution in [0.4, 0.5) is 0 Å². The number of nitrogens with zero attached hydrogens (tertiary/aromatic N) is 2. The zero-order chi connectivity index (χ0) is 19.6. The second-order valence-corrected chi connectivity index (χ2v) is 6.85. The van der Waals surface area contributed by atoms with Crippen LogP contribution in [0.3, 0.4) is 0 Å². The summed E-state index contributed by atoms with van der Waals surface area (Å²) in [5.74, 6) is -0.157. The number of hydrogen-bond acceptors (Lipinski definition) is 6. The third-order valence-corrected chi connectivity index (χ3v) is 5.01. The first-order valence-corrected chi connectivity index (χ1v) is 9.11. The number of benzene rings is 1. The first-order chi connectivity index (χ1) is 13.6. The standard InChI is InChI=1S/C20H20N4O4/c21-19(26)20(8-1-2-9-20)24-18(25)14-11-28-16(23-14)12-27-15-7-3-5-13-6-4-10-22-17(13)15/h3-7,10-11H,1-2,8-9,12H2,(H2,21,26)(H,24,25). The molecule has 0 radical (unpaired) electrons. The Hall–Kier alpha value is -3.42. The van der Waals surface area contributed by atoms with E-state index in [9.17, 15) is 9.59 Å². The van der Waals surface area contributed by atoms with E-state index in [4.69, 9.17) is 14.9 Å². The van der Waals surface area contributed by atoms with Crippen LogP contribution in [-0.2, 0) is 11.4 Å². The summed E-state index contributed by atoms with van der Waals surface area (Å²) in [5.41, 5.74) is 5.32. The third kappa shape index (κ3) is 3.40. The van der Waals surface area contributed by atoms with Crippen LogP contribution >= 0.6 is 0 Å². The number of fused-ring (bicyclic) bond motifs is 1. The van der Waals surface area contributed by atoms with Crippen molar-refractivity contribution in [2.24, 2.45) is 5.73 Å². The Morgan fingerprint density at radius 3 is 2.79 bits per heavy atom. The number of rotatable bonds is 6. The van der Waals surface area contributed by atoms with Gasteiger partial charge in [0.05, 0.1) is 0 Å². The van der Waals surface area contributed by atoms with Crippen molar-refractivity contribution < 1.29 is 18.7 Å². The quantitative estimate of drug-likeness (QED) is 0.677. The largest absolute Gasteiger partial charge is 0.482 e. The molecule has 1 aliphatic carbocycles. The molecule has 8 nitrogen and oxygen atoms in total. The molecule has 0 saturated heterocycles. The second-order valence-electron chi connectivity index (χ2n) is 6.85. The smallest absolute Gasteiger partial charge is 0.274 e. The van der Waals surface area contributed by atoms with E-state index < -0.39 is 17.4 Å². The van der Waals surface area contributed by atoms with Crippen molar-refractivity contribution in [2.45, 2.75) is 37.8 Å². The molecule has 4 rings (SSSR count). The Bertz CT molecular complexity index is 1020. The molecule has 28 heavy (non-hydrogen) atoms. The van der Waals surface area contributed by atoms with Crippen molar-refractivity contribution in [3.63, 3.8) is 0 Å². The number of nitrogens with one attached hydrogen (secondary N) is 1. The van der Waals surface area contributed by atoms with E-state index in [1.54, 1.807) is 6.20 Å². The minimum absolute atomic E-state index is 0.0456. The van der Waals surface area contributed by atoms with Crippen LogP contribution in [0.15, 0.2) is 47.2 Å². The van der Waals surface area contributed by atoms with Crippen molar-refractivity contribution in [2.75, 3.05) is 0 Å². The minimum Gasteiger partial charge on any atom is -0.482 e.